The Labute approximate surface area is 176 Å². The number of hydrogen-bond acceptors (Lipinski definition) is 6. The van der Waals surface area contributed by atoms with Crippen LogP contribution in [0.5, 0.6) is 23.0 Å². The summed E-state index contributed by atoms with van der Waals surface area (Å²) in [4.78, 5) is 8.93. The van der Waals surface area contributed by atoms with Gasteiger partial charge in [-0.15, -0.1) is 0 Å². The number of aliphatic imine (C=N–C) groups is 2. The number of nitrogens with zero attached hydrogens (tertiary/aromatic N) is 2. The van der Waals surface area contributed by atoms with Gasteiger partial charge >= 0.3 is 0 Å². The monoisotopic (exact) mass is 454 g/mol. The summed E-state index contributed by atoms with van der Waals surface area (Å²) in [7, 11) is 2.98. The maximum Gasteiger partial charge on any atom is 0.166 e. The van der Waals surface area contributed by atoms with Crippen LogP contribution in [-0.4, -0.2) is 36.9 Å². The lowest BCUT2D eigenvalue weighted by Gasteiger charge is -2.06. The Bertz CT molecular complexity index is 1080. The minimum atomic E-state index is 0.0140. The minimum Gasteiger partial charge on any atom is -0.504 e. The molecule has 0 saturated carbocycles. The third kappa shape index (κ3) is 4.75. The topological polar surface area (TPSA) is 83.6 Å². The fourth-order valence-corrected chi connectivity index (χ4v) is 2.95. The molecule has 0 spiro atoms. The van der Waals surface area contributed by atoms with Gasteiger partial charge in [-0.3, -0.25) is 9.98 Å². The van der Waals surface area contributed by atoms with Crippen LogP contribution in [0.25, 0.3) is 0 Å². The molecule has 0 aliphatic rings. The van der Waals surface area contributed by atoms with E-state index < -0.39 is 0 Å². The van der Waals surface area contributed by atoms with E-state index in [1.165, 1.54) is 14.2 Å². The Morgan fingerprint density at radius 1 is 0.759 bits per heavy atom. The molecule has 148 valence electrons. The van der Waals surface area contributed by atoms with E-state index in [9.17, 15) is 10.2 Å². The van der Waals surface area contributed by atoms with Crippen molar-refractivity contribution in [1.29, 1.82) is 0 Å². The van der Waals surface area contributed by atoms with Crippen molar-refractivity contribution in [2.75, 3.05) is 14.2 Å². The van der Waals surface area contributed by atoms with Crippen molar-refractivity contribution in [2.45, 2.75) is 0 Å². The van der Waals surface area contributed by atoms with E-state index in [2.05, 4.69) is 25.9 Å². The molecule has 0 amide bonds. The number of methoxy groups -OCH3 is 2. The molecule has 2 N–H and O–H groups in total. The van der Waals surface area contributed by atoms with Crippen molar-refractivity contribution < 1.29 is 19.7 Å². The van der Waals surface area contributed by atoms with Crippen LogP contribution in [0.15, 0.2) is 69.1 Å². The summed E-state index contributed by atoms with van der Waals surface area (Å²) in [5, 5.41) is 20.4. The van der Waals surface area contributed by atoms with E-state index in [4.69, 9.17) is 9.47 Å². The summed E-state index contributed by atoms with van der Waals surface area (Å²) in [6, 6.07) is 15.8. The smallest absolute Gasteiger partial charge is 0.166 e. The van der Waals surface area contributed by atoms with Gasteiger partial charge in [-0.05, 0) is 42.5 Å². The van der Waals surface area contributed by atoms with E-state index in [0.29, 0.717) is 34.0 Å². The molecule has 0 aliphatic heterocycles. The Balaban J connectivity index is 1.95. The van der Waals surface area contributed by atoms with Crippen LogP contribution in [0.1, 0.15) is 11.1 Å². The van der Waals surface area contributed by atoms with Gasteiger partial charge in [0.05, 0.1) is 25.6 Å². The van der Waals surface area contributed by atoms with Crippen LogP contribution in [0.3, 0.4) is 0 Å². The summed E-state index contributed by atoms with van der Waals surface area (Å²) >= 11 is 3.43. The molecular formula is C22H19BrN2O4. The maximum atomic E-state index is 10.2. The highest BCUT2D eigenvalue weighted by atomic mass is 79.9. The van der Waals surface area contributed by atoms with Crippen molar-refractivity contribution in [3.63, 3.8) is 0 Å². The van der Waals surface area contributed by atoms with Crippen molar-refractivity contribution in [3.05, 3.63) is 70.2 Å². The van der Waals surface area contributed by atoms with Gasteiger partial charge in [-0.1, -0.05) is 28.1 Å². The number of aromatic hydroxyl groups is 2. The van der Waals surface area contributed by atoms with Crippen LogP contribution in [0.2, 0.25) is 0 Å². The number of hydrogen-bond donors (Lipinski definition) is 2. The Morgan fingerprint density at radius 2 is 1.28 bits per heavy atom. The van der Waals surface area contributed by atoms with Crippen LogP contribution < -0.4 is 9.47 Å². The number of benzene rings is 3. The Hall–Kier alpha value is -3.32. The third-order valence-electron chi connectivity index (χ3n) is 4.12. The number of para-hydroxylation sites is 2. The molecule has 0 saturated heterocycles. The van der Waals surface area contributed by atoms with Crippen LogP contribution in [-0.2, 0) is 0 Å². The van der Waals surface area contributed by atoms with Crippen molar-refractivity contribution >= 4 is 39.7 Å². The maximum absolute atomic E-state index is 10.2. The first kappa shape index (κ1) is 20.4. The van der Waals surface area contributed by atoms with Gasteiger partial charge in [0.1, 0.15) is 0 Å². The summed E-state index contributed by atoms with van der Waals surface area (Å²) in [5.41, 5.74) is 2.21. The minimum absolute atomic E-state index is 0.0140. The molecule has 3 rings (SSSR count). The van der Waals surface area contributed by atoms with E-state index >= 15 is 0 Å². The van der Waals surface area contributed by atoms with Gasteiger partial charge in [0.25, 0.3) is 0 Å². The second-order valence-electron chi connectivity index (χ2n) is 5.95. The summed E-state index contributed by atoms with van der Waals surface area (Å²) in [6.07, 6.45) is 3.09. The van der Waals surface area contributed by atoms with E-state index in [-0.39, 0.29) is 11.5 Å². The number of halogens is 1. The van der Waals surface area contributed by atoms with Gasteiger partial charge in [-0.25, -0.2) is 0 Å². The summed E-state index contributed by atoms with van der Waals surface area (Å²) in [5.74, 6) is 0.772. The number of ether oxygens (including phenoxy) is 2. The molecule has 3 aromatic rings. The second-order valence-corrected chi connectivity index (χ2v) is 6.86. The molecule has 0 bridgehead atoms. The van der Waals surface area contributed by atoms with E-state index in [0.717, 1.165) is 4.47 Å². The zero-order valence-corrected chi connectivity index (χ0v) is 17.4. The number of rotatable bonds is 6. The van der Waals surface area contributed by atoms with Gasteiger partial charge in [0, 0.05) is 28.0 Å². The Kier molecular flexibility index (Phi) is 6.51. The van der Waals surface area contributed by atoms with E-state index in [1.54, 1.807) is 54.9 Å². The first-order chi connectivity index (χ1) is 14.0. The molecule has 0 aliphatic carbocycles. The second kappa shape index (κ2) is 9.25. The largest absolute Gasteiger partial charge is 0.504 e. The third-order valence-corrected chi connectivity index (χ3v) is 4.62. The molecule has 0 fully saturated rings. The lowest BCUT2D eigenvalue weighted by Crippen LogP contribution is -1.88. The molecule has 6 nitrogen and oxygen atoms in total. The van der Waals surface area contributed by atoms with Crippen LogP contribution in [0.4, 0.5) is 11.4 Å². The normalized spacial score (nSPS) is 11.3. The molecular weight excluding hydrogens is 436 g/mol. The zero-order valence-electron chi connectivity index (χ0n) is 15.8. The van der Waals surface area contributed by atoms with Crippen molar-refractivity contribution in [3.8, 4) is 23.0 Å². The van der Waals surface area contributed by atoms with Crippen LogP contribution in [0, 0.1) is 0 Å². The van der Waals surface area contributed by atoms with E-state index in [1.807, 2.05) is 12.1 Å². The first-order valence-electron chi connectivity index (χ1n) is 8.63. The Morgan fingerprint density at radius 3 is 1.79 bits per heavy atom. The molecule has 0 radical (unpaired) electrons. The van der Waals surface area contributed by atoms with Gasteiger partial charge in [-0.2, -0.15) is 0 Å². The molecule has 0 aromatic heterocycles. The molecule has 29 heavy (non-hydrogen) atoms. The molecule has 0 unspecified atom stereocenters. The molecule has 3 aromatic carbocycles. The van der Waals surface area contributed by atoms with Crippen molar-refractivity contribution in [2.24, 2.45) is 9.98 Å². The number of phenolic OH excluding ortho intramolecular Hbond substituents is 2. The molecule has 0 atom stereocenters. The fraction of sp³-hybridized carbons (Fsp3) is 0.0909. The van der Waals surface area contributed by atoms with Crippen molar-refractivity contribution in [1.82, 2.24) is 0 Å². The average molecular weight is 455 g/mol. The quantitative estimate of drug-likeness (QED) is 0.489. The highest BCUT2D eigenvalue weighted by molar-refractivity contribution is 9.10. The van der Waals surface area contributed by atoms with Crippen LogP contribution >= 0.6 is 15.9 Å². The average Bonchev–Trinajstić information content (AvgIpc) is 2.73. The predicted molar refractivity (Wildman–Crippen MR) is 118 cm³/mol. The highest BCUT2D eigenvalue weighted by Crippen LogP contribution is 2.34. The number of phenols is 2. The SMILES string of the molecule is COc1cccc(C=Nc2ccc(Br)cc2N=Cc2cccc(OC)c2O)c1O. The van der Waals surface area contributed by atoms with Gasteiger partial charge < -0.3 is 19.7 Å². The fourth-order valence-electron chi connectivity index (χ4n) is 2.60. The van der Waals surface area contributed by atoms with Gasteiger partial charge in [0.2, 0.25) is 0 Å². The predicted octanol–water partition coefficient (Wildman–Crippen LogP) is 5.38. The summed E-state index contributed by atoms with van der Waals surface area (Å²) in [6.45, 7) is 0. The lowest BCUT2D eigenvalue weighted by atomic mass is 10.2. The lowest BCUT2D eigenvalue weighted by molar-refractivity contribution is 0.373. The highest BCUT2D eigenvalue weighted by Gasteiger charge is 2.07. The zero-order chi connectivity index (χ0) is 20.8. The molecule has 7 heteroatoms. The summed E-state index contributed by atoms with van der Waals surface area (Å²) < 4.78 is 11.1. The van der Waals surface area contributed by atoms with Gasteiger partial charge in [0.15, 0.2) is 23.0 Å². The standard InChI is InChI=1S/C22H19BrN2O4/c1-28-19-7-3-5-14(21(19)26)12-24-17-10-9-16(23)11-18(17)25-13-15-6-4-8-20(29-2)22(15)27/h3-13,26-27H,1-2H3. The molecule has 0 heterocycles. The first-order valence-corrected chi connectivity index (χ1v) is 9.42.